The Labute approximate surface area is 129 Å². The molecule has 0 saturated heterocycles. The SMILES string of the molecule is CCOc1c(Cl)cccc1NC(=O)NC1CCCCC1O. The number of aliphatic hydroxyl groups is 1. The van der Waals surface area contributed by atoms with Crippen molar-refractivity contribution < 1.29 is 14.6 Å². The van der Waals surface area contributed by atoms with Gasteiger partial charge < -0.3 is 20.5 Å². The fourth-order valence-corrected chi connectivity index (χ4v) is 2.73. The van der Waals surface area contributed by atoms with E-state index < -0.39 is 6.10 Å². The van der Waals surface area contributed by atoms with E-state index in [9.17, 15) is 9.90 Å². The number of hydrogen-bond donors (Lipinski definition) is 3. The highest BCUT2D eigenvalue weighted by Gasteiger charge is 2.24. The maximum atomic E-state index is 12.1. The van der Waals surface area contributed by atoms with Crippen LogP contribution in [0.25, 0.3) is 0 Å². The van der Waals surface area contributed by atoms with Crippen LogP contribution >= 0.6 is 11.6 Å². The zero-order valence-corrected chi connectivity index (χ0v) is 12.8. The van der Waals surface area contributed by atoms with Crippen molar-refractivity contribution >= 4 is 23.3 Å². The molecule has 116 valence electrons. The average molecular weight is 313 g/mol. The second-order valence-corrected chi connectivity index (χ2v) is 5.51. The third-order valence-electron chi connectivity index (χ3n) is 3.55. The van der Waals surface area contributed by atoms with E-state index in [2.05, 4.69) is 10.6 Å². The summed E-state index contributed by atoms with van der Waals surface area (Å²) in [6.45, 7) is 2.31. The van der Waals surface area contributed by atoms with Gasteiger partial charge in [-0.2, -0.15) is 0 Å². The van der Waals surface area contributed by atoms with Crippen LogP contribution in [-0.2, 0) is 0 Å². The summed E-state index contributed by atoms with van der Waals surface area (Å²) in [5, 5.41) is 15.9. The van der Waals surface area contributed by atoms with Gasteiger partial charge in [-0.05, 0) is 31.9 Å². The Balaban J connectivity index is 2.00. The van der Waals surface area contributed by atoms with E-state index in [0.717, 1.165) is 25.7 Å². The lowest BCUT2D eigenvalue weighted by molar-refractivity contribution is 0.0955. The van der Waals surface area contributed by atoms with E-state index in [-0.39, 0.29) is 12.1 Å². The number of hydrogen-bond acceptors (Lipinski definition) is 3. The molecule has 6 heteroatoms. The maximum Gasteiger partial charge on any atom is 0.319 e. The van der Waals surface area contributed by atoms with Crippen molar-refractivity contribution in [1.82, 2.24) is 5.32 Å². The Morgan fingerprint density at radius 3 is 2.90 bits per heavy atom. The summed E-state index contributed by atoms with van der Waals surface area (Å²) in [5.74, 6) is 0.459. The van der Waals surface area contributed by atoms with E-state index in [1.165, 1.54) is 0 Å². The van der Waals surface area contributed by atoms with Gasteiger partial charge in [0.1, 0.15) is 0 Å². The summed E-state index contributed by atoms with van der Waals surface area (Å²) in [6.07, 6.45) is 3.07. The molecule has 2 rings (SSSR count). The first-order valence-corrected chi connectivity index (χ1v) is 7.66. The third-order valence-corrected chi connectivity index (χ3v) is 3.85. The molecule has 1 saturated carbocycles. The molecule has 21 heavy (non-hydrogen) atoms. The van der Waals surface area contributed by atoms with Gasteiger partial charge in [-0.3, -0.25) is 0 Å². The van der Waals surface area contributed by atoms with Crippen molar-refractivity contribution in [2.45, 2.75) is 44.8 Å². The number of rotatable bonds is 4. The van der Waals surface area contributed by atoms with Crippen LogP contribution in [0.3, 0.4) is 0 Å². The van der Waals surface area contributed by atoms with Crippen LogP contribution in [0.15, 0.2) is 18.2 Å². The summed E-state index contributed by atoms with van der Waals surface area (Å²) in [7, 11) is 0. The average Bonchev–Trinajstić information content (AvgIpc) is 2.45. The van der Waals surface area contributed by atoms with E-state index in [0.29, 0.717) is 23.1 Å². The van der Waals surface area contributed by atoms with Crippen LogP contribution in [0.2, 0.25) is 5.02 Å². The fourth-order valence-electron chi connectivity index (χ4n) is 2.50. The predicted molar refractivity (Wildman–Crippen MR) is 83.0 cm³/mol. The molecule has 1 fully saturated rings. The molecule has 0 radical (unpaired) electrons. The lowest BCUT2D eigenvalue weighted by Crippen LogP contribution is -2.46. The number of anilines is 1. The summed E-state index contributed by atoms with van der Waals surface area (Å²) in [6, 6.07) is 4.63. The van der Waals surface area contributed by atoms with Gasteiger partial charge in [-0.25, -0.2) is 4.79 Å². The second kappa shape index (κ2) is 7.52. The third kappa shape index (κ3) is 4.25. The Morgan fingerprint density at radius 1 is 1.43 bits per heavy atom. The van der Waals surface area contributed by atoms with Gasteiger partial charge >= 0.3 is 6.03 Å². The zero-order valence-electron chi connectivity index (χ0n) is 12.1. The van der Waals surface area contributed by atoms with Crippen LogP contribution in [0.5, 0.6) is 5.75 Å². The number of nitrogens with one attached hydrogen (secondary N) is 2. The van der Waals surface area contributed by atoms with Crippen molar-refractivity contribution in [3.8, 4) is 5.75 Å². The number of halogens is 1. The van der Waals surface area contributed by atoms with Crippen LogP contribution in [0, 0.1) is 0 Å². The van der Waals surface area contributed by atoms with E-state index >= 15 is 0 Å². The first-order valence-electron chi connectivity index (χ1n) is 7.28. The molecule has 2 unspecified atom stereocenters. The number of urea groups is 1. The van der Waals surface area contributed by atoms with E-state index in [1.54, 1.807) is 18.2 Å². The molecule has 1 aliphatic rings. The number of aliphatic hydroxyl groups excluding tert-OH is 1. The number of ether oxygens (including phenoxy) is 1. The topological polar surface area (TPSA) is 70.6 Å². The monoisotopic (exact) mass is 312 g/mol. The lowest BCUT2D eigenvalue weighted by Gasteiger charge is -2.28. The molecule has 1 aliphatic carbocycles. The van der Waals surface area contributed by atoms with Crippen molar-refractivity contribution in [2.75, 3.05) is 11.9 Å². The van der Waals surface area contributed by atoms with Gasteiger partial charge in [0.25, 0.3) is 0 Å². The summed E-state index contributed by atoms with van der Waals surface area (Å²) in [4.78, 5) is 12.1. The van der Waals surface area contributed by atoms with Gasteiger partial charge in [0.15, 0.2) is 5.75 Å². The molecule has 0 heterocycles. The quantitative estimate of drug-likeness (QED) is 0.799. The van der Waals surface area contributed by atoms with E-state index in [4.69, 9.17) is 16.3 Å². The molecule has 2 atom stereocenters. The van der Waals surface area contributed by atoms with Crippen molar-refractivity contribution in [1.29, 1.82) is 0 Å². The Bertz CT molecular complexity index is 496. The van der Waals surface area contributed by atoms with Gasteiger partial charge in [-0.15, -0.1) is 0 Å². The first kappa shape index (κ1) is 15.9. The van der Waals surface area contributed by atoms with E-state index in [1.807, 2.05) is 6.92 Å². The molecule has 1 aromatic carbocycles. The Kier molecular flexibility index (Phi) is 5.70. The molecular formula is C15H21ClN2O3. The molecule has 0 spiro atoms. The lowest BCUT2D eigenvalue weighted by atomic mass is 9.93. The minimum atomic E-state index is -0.477. The summed E-state index contributed by atoms with van der Waals surface area (Å²) in [5.41, 5.74) is 0.521. The van der Waals surface area contributed by atoms with Gasteiger partial charge in [0, 0.05) is 0 Å². The number of para-hydroxylation sites is 1. The highest BCUT2D eigenvalue weighted by molar-refractivity contribution is 6.32. The molecule has 0 bridgehead atoms. The largest absolute Gasteiger partial charge is 0.490 e. The summed E-state index contributed by atoms with van der Waals surface area (Å²) >= 11 is 6.07. The minimum Gasteiger partial charge on any atom is -0.490 e. The molecule has 5 nitrogen and oxygen atoms in total. The molecular weight excluding hydrogens is 292 g/mol. The van der Waals surface area contributed by atoms with Crippen LogP contribution in [0.1, 0.15) is 32.6 Å². The van der Waals surface area contributed by atoms with Crippen LogP contribution in [0.4, 0.5) is 10.5 Å². The normalized spacial score (nSPS) is 21.7. The van der Waals surface area contributed by atoms with Crippen molar-refractivity contribution in [2.24, 2.45) is 0 Å². The maximum absolute atomic E-state index is 12.1. The van der Waals surface area contributed by atoms with Crippen LogP contribution < -0.4 is 15.4 Å². The number of carbonyl (C=O) groups excluding carboxylic acids is 1. The minimum absolute atomic E-state index is 0.200. The molecule has 2 amide bonds. The van der Waals surface area contributed by atoms with Crippen LogP contribution in [-0.4, -0.2) is 29.9 Å². The molecule has 0 aliphatic heterocycles. The predicted octanol–water partition coefficient (Wildman–Crippen LogP) is 3.16. The standard InChI is InChI=1S/C15H21ClN2O3/c1-2-21-14-10(16)6-5-8-12(14)18-15(20)17-11-7-3-4-9-13(11)19/h5-6,8,11,13,19H,2-4,7,9H2,1H3,(H2,17,18,20). The molecule has 0 aromatic heterocycles. The molecule has 3 N–H and O–H groups in total. The molecule has 1 aromatic rings. The van der Waals surface area contributed by atoms with Gasteiger partial charge in [0.2, 0.25) is 0 Å². The highest BCUT2D eigenvalue weighted by atomic mass is 35.5. The number of amides is 2. The summed E-state index contributed by atoms with van der Waals surface area (Å²) < 4.78 is 5.46. The fraction of sp³-hybridized carbons (Fsp3) is 0.533. The Hall–Kier alpha value is -1.46. The first-order chi connectivity index (χ1) is 10.1. The van der Waals surface area contributed by atoms with Gasteiger partial charge in [0.05, 0.1) is 29.5 Å². The number of benzene rings is 1. The van der Waals surface area contributed by atoms with Gasteiger partial charge in [-0.1, -0.05) is 30.5 Å². The highest BCUT2D eigenvalue weighted by Crippen LogP contribution is 2.32. The van der Waals surface area contributed by atoms with Crippen molar-refractivity contribution in [3.05, 3.63) is 23.2 Å². The van der Waals surface area contributed by atoms with Crippen molar-refractivity contribution in [3.63, 3.8) is 0 Å². The second-order valence-electron chi connectivity index (χ2n) is 5.11. The smallest absolute Gasteiger partial charge is 0.319 e. The number of carbonyl (C=O) groups is 1. The Morgan fingerprint density at radius 2 is 2.19 bits per heavy atom. The zero-order chi connectivity index (χ0) is 15.2.